The number of sulfonamides is 1. The Bertz CT molecular complexity index is 639. The summed E-state index contributed by atoms with van der Waals surface area (Å²) in [6, 6.07) is 3.79. The van der Waals surface area contributed by atoms with Gasteiger partial charge in [0.15, 0.2) is 0 Å². The summed E-state index contributed by atoms with van der Waals surface area (Å²) in [5.41, 5.74) is 0.203. The van der Waals surface area contributed by atoms with Crippen LogP contribution in [-0.4, -0.2) is 51.0 Å². The van der Waals surface area contributed by atoms with E-state index in [4.69, 9.17) is 5.14 Å². The molecule has 0 aliphatic carbocycles. The van der Waals surface area contributed by atoms with Crippen LogP contribution in [0.25, 0.3) is 0 Å². The van der Waals surface area contributed by atoms with Gasteiger partial charge in [0, 0.05) is 32.2 Å². The number of nitro benzene ring substituents is 1. The van der Waals surface area contributed by atoms with E-state index in [9.17, 15) is 18.5 Å². The van der Waals surface area contributed by atoms with Crippen LogP contribution >= 0.6 is 0 Å². The lowest BCUT2D eigenvalue weighted by Gasteiger charge is -2.35. The van der Waals surface area contributed by atoms with Crippen LogP contribution in [0.1, 0.15) is 6.92 Å². The van der Waals surface area contributed by atoms with Crippen molar-refractivity contribution in [2.45, 2.75) is 11.8 Å². The molecule has 1 aromatic carbocycles. The molecule has 0 amide bonds. The predicted molar refractivity (Wildman–Crippen MR) is 78.8 cm³/mol. The zero-order valence-electron chi connectivity index (χ0n) is 11.7. The molecule has 0 unspecified atom stereocenters. The van der Waals surface area contributed by atoms with E-state index in [1.807, 2.05) is 4.90 Å². The minimum atomic E-state index is -3.95. The maximum absolute atomic E-state index is 11.3. The van der Waals surface area contributed by atoms with Gasteiger partial charge >= 0.3 is 0 Å². The van der Waals surface area contributed by atoms with Gasteiger partial charge in [-0.15, -0.1) is 0 Å². The fraction of sp³-hybridized carbons (Fsp3) is 0.500. The Kier molecular flexibility index (Phi) is 4.45. The van der Waals surface area contributed by atoms with Gasteiger partial charge in [0.2, 0.25) is 10.0 Å². The summed E-state index contributed by atoms with van der Waals surface area (Å²) in [7, 11) is -3.95. The number of anilines is 1. The van der Waals surface area contributed by atoms with E-state index in [0.717, 1.165) is 25.7 Å². The largest absolute Gasteiger partial charge is 0.363 e. The number of benzene rings is 1. The van der Waals surface area contributed by atoms with E-state index < -0.39 is 14.9 Å². The van der Waals surface area contributed by atoms with Gasteiger partial charge in [-0.2, -0.15) is 0 Å². The molecule has 1 aliphatic heterocycles. The van der Waals surface area contributed by atoms with Gasteiger partial charge in [-0.3, -0.25) is 10.1 Å². The molecule has 1 saturated heterocycles. The van der Waals surface area contributed by atoms with E-state index in [-0.39, 0.29) is 10.6 Å². The van der Waals surface area contributed by atoms with Gasteiger partial charge in [-0.05, 0) is 18.7 Å². The highest BCUT2D eigenvalue weighted by molar-refractivity contribution is 7.89. The summed E-state index contributed by atoms with van der Waals surface area (Å²) >= 11 is 0. The number of hydrogen-bond donors (Lipinski definition) is 1. The molecule has 1 aromatic rings. The van der Waals surface area contributed by atoms with Crippen molar-refractivity contribution in [3.63, 3.8) is 0 Å². The van der Waals surface area contributed by atoms with Crippen molar-refractivity contribution >= 4 is 21.4 Å². The SMILES string of the molecule is CCN1CCN(c2ccc(S(N)(=O)=O)cc2[N+](=O)[O-])CC1. The van der Waals surface area contributed by atoms with Gasteiger partial charge in [0.05, 0.1) is 9.82 Å². The first-order chi connectivity index (χ1) is 9.82. The zero-order chi connectivity index (χ0) is 15.6. The Hall–Kier alpha value is -1.71. The third-order valence-electron chi connectivity index (χ3n) is 3.63. The van der Waals surface area contributed by atoms with Crippen molar-refractivity contribution in [1.82, 2.24) is 4.90 Å². The predicted octanol–water partition coefficient (Wildman–Crippen LogP) is 0.384. The molecule has 8 nitrogen and oxygen atoms in total. The molecule has 1 fully saturated rings. The molecule has 1 heterocycles. The number of primary sulfonamides is 1. The lowest BCUT2D eigenvalue weighted by Crippen LogP contribution is -2.46. The number of likely N-dealkylation sites (N-methyl/N-ethyl adjacent to an activating group) is 1. The molecule has 1 aliphatic rings. The third kappa shape index (κ3) is 3.49. The standard InChI is InChI=1S/C12H18N4O4S/c1-2-14-5-7-15(8-6-14)11-4-3-10(21(13,19)20)9-12(11)16(17)18/h3-4,9H,2,5-8H2,1H3,(H2,13,19,20). The minimum Gasteiger partial charge on any atom is -0.363 e. The second kappa shape index (κ2) is 5.96. The number of hydrogen-bond acceptors (Lipinski definition) is 6. The molecular weight excluding hydrogens is 296 g/mol. The van der Waals surface area contributed by atoms with E-state index >= 15 is 0 Å². The van der Waals surface area contributed by atoms with Crippen LogP contribution in [-0.2, 0) is 10.0 Å². The zero-order valence-corrected chi connectivity index (χ0v) is 12.5. The van der Waals surface area contributed by atoms with Gasteiger partial charge in [0.1, 0.15) is 5.69 Å². The molecule has 0 aromatic heterocycles. The lowest BCUT2D eigenvalue weighted by atomic mass is 10.2. The van der Waals surface area contributed by atoms with Gasteiger partial charge < -0.3 is 9.80 Å². The summed E-state index contributed by atoms with van der Waals surface area (Å²) in [5.74, 6) is 0. The smallest absolute Gasteiger partial charge is 0.293 e. The van der Waals surface area contributed by atoms with Crippen LogP contribution in [0.15, 0.2) is 23.1 Å². The number of rotatable bonds is 4. The molecular formula is C12H18N4O4S. The van der Waals surface area contributed by atoms with Gasteiger partial charge in [-0.25, -0.2) is 13.6 Å². The molecule has 0 bridgehead atoms. The number of nitrogens with zero attached hydrogens (tertiary/aromatic N) is 3. The van der Waals surface area contributed by atoms with Crippen LogP contribution in [0, 0.1) is 10.1 Å². The maximum atomic E-state index is 11.3. The fourth-order valence-electron chi connectivity index (χ4n) is 2.40. The highest BCUT2D eigenvalue weighted by Crippen LogP contribution is 2.31. The average Bonchev–Trinajstić information content (AvgIpc) is 2.45. The van der Waals surface area contributed by atoms with Gasteiger partial charge in [-0.1, -0.05) is 6.92 Å². The normalized spacial score (nSPS) is 17.0. The van der Waals surface area contributed by atoms with Crippen molar-refractivity contribution < 1.29 is 13.3 Å². The van der Waals surface area contributed by atoms with Crippen LogP contribution < -0.4 is 10.0 Å². The van der Waals surface area contributed by atoms with E-state index in [2.05, 4.69) is 11.8 Å². The second-order valence-corrected chi connectivity index (χ2v) is 6.44. The number of nitro groups is 1. The minimum absolute atomic E-state index is 0.230. The first-order valence-electron chi connectivity index (χ1n) is 6.61. The molecule has 0 atom stereocenters. The van der Waals surface area contributed by atoms with Crippen LogP contribution in [0.4, 0.5) is 11.4 Å². The Labute approximate surface area is 123 Å². The summed E-state index contributed by atoms with van der Waals surface area (Å²) < 4.78 is 22.6. The van der Waals surface area contributed by atoms with E-state index in [1.54, 1.807) is 0 Å². The van der Waals surface area contributed by atoms with Crippen LogP contribution in [0.3, 0.4) is 0 Å². The Morgan fingerprint density at radius 2 is 1.90 bits per heavy atom. The third-order valence-corrected chi connectivity index (χ3v) is 4.54. The summed E-state index contributed by atoms with van der Waals surface area (Å²) in [6.07, 6.45) is 0. The van der Waals surface area contributed by atoms with Crippen molar-refractivity contribution in [1.29, 1.82) is 0 Å². The Morgan fingerprint density at radius 3 is 2.38 bits per heavy atom. The molecule has 2 N–H and O–H groups in total. The summed E-state index contributed by atoms with van der Waals surface area (Å²) in [4.78, 5) is 14.5. The molecule has 116 valence electrons. The van der Waals surface area contributed by atoms with Crippen LogP contribution in [0.2, 0.25) is 0 Å². The topological polar surface area (TPSA) is 110 Å². The van der Waals surface area contributed by atoms with E-state index in [1.165, 1.54) is 12.1 Å². The molecule has 2 rings (SSSR count). The van der Waals surface area contributed by atoms with Crippen molar-refractivity contribution in [3.05, 3.63) is 28.3 Å². The Morgan fingerprint density at radius 1 is 1.29 bits per heavy atom. The van der Waals surface area contributed by atoms with Crippen molar-refractivity contribution in [2.24, 2.45) is 5.14 Å². The average molecular weight is 314 g/mol. The molecule has 9 heteroatoms. The maximum Gasteiger partial charge on any atom is 0.293 e. The molecule has 0 spiro atoms. The first kappa shape index (κ1) is 15.7. The quantitative estimate of drug-likeness (QED) is 0.635. The summed E-state index contributed by atoms with van der Waals surface area (Å²) in [6.45, 7) is 6.00. The first-order valence-corrected chi connectivity index (χ1v) is 8.16. The number of nitrogens with two attached hydrogens (primary N) is 1. The van der Waals surface area contributed by atoms with Gasteiger partial charge in [0.25, 0.3) is 5.69 Å². The highest BCUT2D eigenvalue weighted by atomic mass is 32.2. The molecule has 0 radical (unpaired) electrons. The second-order valence-electron chi connectivity index (χ2n) is 4.87. The summed E-state index contributed by atoms with van der Waals surface area (Å²) in [5, 5.41) is 16.2. The lowest BCUT2D eigenvalue weighted by molar-refractivity contribution is -0.384. The molecule has 21 heavy (non-hydrogen) atoms. The van der Waals surface area contributed by atoms with Crippen molar-refractivity contribution in [3.8, 4) is 0 Å². The monoisotopic (exact) mass is 314 g/mol. The number of piperazine rings is 1. The molecule has 0 saturated carbocycles. The highest BCUT2D eigenvalue weighted by Gasteiger charge is 2.25. The van der Waals surface area contributed by atoms with E-state index in [0.29, 0.717) is 18.8 Å². The Balaban J connectivity index is 2.34. The van der Waals surface area contributed by atoms with Crippen molar-refractivity contribution in [2.75, 3.05) is 37.6 Å². The fourth-order valence-corrected chi connectivity index (χ4v) is 2.93. The van der Waals surface area contributed by atoms with Crippen LogP contribution in [0.5, 0.6) is 0 Å².